The molecule has 1 aliphatic heterocycles. The van der Waals surface area contributed by atoms with Crippen LogP contribution < -0.4 is 24.3 Å². The van der Waals surface area contributed by atoms with E-state index in [9.17, 15) is 9.59 Å². The fourth-order valence-corrected chi connectivity index (χ4v) is 3.62. The number of esters is 1. The van der Waals surface area contributed by atoms with Gasteiger partial charge in [0.25, 0.3) is 5.91 Å². The van der Waals surface area contributed by atoms with Gasteiger partial charge in [-0.25, -0.2) is 4.79 Å². The Labute approximate surface area is 200 Å². The largest absolute Gasteiger partial charge is 0.493 e. The second kappa shape index (κ2) is 10.4. The van der Waals surface area contributed by atoms with Gasteiger partial charge in [0.2, 0.25) is 0 Å². The van der Waals surface area contributed by atoms with E-state index in [1.54, 1.807) is 18.2 Å². The van der Waals surface area contributed by atoms with Crippen molar-refractivity contribution in [3.63, 3.8) is 0 Å². The summed E-state index contributed by atoms with van der Waals surface area (Å²) in [5, 5.41) is 3.01. The third kappa shape index (κ3) is 5.04. The average molecular weight is 488 g/mol. The number of fused-ring (bicyclic) bond motifs is 1. The van der Waals surface area contributed by atoms with E-state index in [0.717, 1.165) is 6.42 Å². The van der Waals surface area contributed by atoms with Crippen molar-refractivity contribution in [2.24, 2.45) is 0 Å². The van der Waals surface area contributed by atoms with Gasteiger partial charge < -0.3 is 33.4 Å². The predicted octanol–water partition coefficient (Wildman–Crippen LogP) is 4.72. The zero-order valence-corrected chi connectivity index (χ0v) is 19.3. The molecule has 34 heavy (non-hydrogen) atoms. The van der Waals surface area contributed by atoms with E-state index >= 15 is 0 Å². The lowest BCUT2D eigenvalue weighted by molar-refractivity contribution is 0.0473. The van der Waals surface area contributed by atoms with Gasteiger partial charge in [-0.05, 0) is 29.8 Å². The number of hydrogen-bond donors (Lipinski definition) is 1. The van der Waals surface area contributed by atoms with Crippen molar-refractivity contribution < 1.29 is 37.7 Å². The van der Waals surface area contributed by atoms with E-state index in [0.29, 0.717) is 46.8 Å². The van der Waals surface area contributed by atoms with Crippen molar-refractivity contribution in [2.75, 3.05) is 32.8 Å². The van der Waals surface area contributed by atoms with Crippen LogP contribution in [-0.4, -0.2) is 39.3 Å². The van der Waals surface area contributed by atoms with Crippen molar-refractivity contribution in [2.45, 2.75) is 13.0 Å². The van der Waals surface area contributed by atoms with Crippen molar-refractivity contribution in [1.82, 2.24) is 0 Å². The van der Waals surface area contributed by atoms with Gasteiger partial charge in [-0.2, -0.15) is 0 Å². The molecule has 0 unspecified atom stereocenters. The number of rotatable bonds is 7. The molecular weight excluding hydrogens is 466 g/mol. The number of anilines is 1. The molecule has 0 atom stereocenters. The molecule has 0 fully saturated rings. The molecule has 0 saturated heterocycles. The minimum Gasteiger partial charge on any atom is -0.493 e. The first-order chi connectivity index (χ1) is 16.5. The molecule has 1 aliphatic rings. The first-order valence-corrected chi connectivity index (χ1v) is 10.7. The van der Waals surface area contributed by atoms with Gasteiger partial charge in [0.05, 0.1) is 50.0 Å². The Bertz CT molecular complexity index is 1190. The molecule has 2 aromatic carbocycles. The molecule has 4 rings (SSSR count). The maximum absolute atomic E-state index is 13.0. The minimum absolute atomic E-state index is 0.0676. The van der Waals surface area contributed by atoms with Gasteiger partial charge in [0.1, 0.15) is 6.61 Å². The summed E-state index contributed by atoms with van der Waals surface area (Å²) >= 11 is 6.32. The lowest BCUT2D eigenvalue weighted by atomic mass is 10.1. The summed E-state index contributed by atoms with van der Waals surface area (Å²) in [6.07, 6.45) is 2.11. The molecular formula is C24H22ClNO8. The van der Waals surface area contributed by atoms with Crippen LogP contribution in [0.2, 0.25) is 5.02 Å². The molecule has 1 aromatic heterocycles. The molecule has 3 aromatic rings. The van der Waals surface area contributed by atoms with Crippen LogP contribution in [0, 0.1) is 0 Å². The van der Waals surface area contributed by atoms with Gasteiger partial charge in [-0.1, -0.05) is 11.6 Å². The molecule has 1 amide bonds. The first-order valence-electron chi connectivity index (χ1n) is 10.4. The van der Waals surface area contributed by atoms with Crippen molar-refractivity contribution >= 4 is 29.2 Å². The SMILES string of the molecule is COc1cc(NC(=O)c2ccco2)c(C(=O)OCc2cc(Cl)c3c(c2)OCCCO3)cc1OC. The number of carbonyl (C=O) groups is 2. The maximum atomic E-state index is 13.0. The molecule has 178 valence electrons. The zero-order valence-electron chi connectivity index (χ0n) is 18.5. The third-order valence-electron chi connectivity index (χ3n) is 4.97. The Kier molecular flexibility index (Phi) is 7.12. The Hall–Kier alpha value is -3.85. The Morgan fingerprint density at radius 1 is 1.06 bits per heavy atom. The maximum Gasteiger partial charge on any atom is 0.340 e. The second-order valence-corrected chi connectivity index (χ2v) is 7.62. The van der Waals surface area contributed by atoms with Crippen LogP contribution >= 0.6 is 11.6 Å². The number of benzene rings is 2. The van der Waals surface area contributed by atoms with Gasteiger partial charge in [0.15, 0.2) is 28.8 Å². The Morgan fingerprint density at radius 3 is 2.56 bits per heavy atom. The average Bonchev–Trinajstić information content (AvgIpc) is 3.28. The molecule has 0 radical (unpaired) electrons. The van der Waals surface area contributed by atoms with Crippen molar-refractivity contribution in [3.8, 4) is 23.0 Å². The van der Waals surface area contributed by atoms with Crippen LogP contribution in [0.5, 0.6) is 23.0 Å². The van der Waals surface area contributed by atoms with Gasteiger partial charge in [0, 0.05) is 18.6 Å². The number of hydrogen-bond acceptors (Lipinski definition) is 8. The van der Waals surface area contributed by atoms with E-state index in [1.807, 2.05) is 0 Å². The minimum atomic E-state index is -0.695. The number of ether oxygens (including phenoxy) is 5. The van der Waals surface area contributed by atoms with Gasteiger partial charge >= 0.3 is 5.97 Å². The Balaban J connectivity index is 1.57. The van der Waals surface area contributed by atoms with Crippen molar-refractivity contribution in [1.29, 1.82) is 0 Å². The number of halogens is 1. The smallest absolute Gasteiger partial charge is 0.340 e. The summed E-state index contributed by atoms with van der Waals surface area (Å²) in [6.45, 7) is 0.916. The molecule has 1 N–H and O–H groups in total. The predicted molar refractivity (Wildman–Crippen MR) is 122 cm³/mol. The Morgan fingerprint density at radius 2 is 1.82 bits per heavy atom. The van der Waals surface area contributed by atoms with Crippen LogP contribution in [0.3, 0.4) is 0 Å². The molecule has 2 heterocycles. The quantitative estimate of drug-likeness (QED) is 0.477. The number of furan rings is 1. The molecule has 0 bridgehead atoms. The lowest BCUT2D eigenvalue weighted by Gasteiger charge is -2.15. The fourth-order valence-electron chi connectivity index (χ4n) is 3.34. The van der Waals surface area contributed by atoms with E-state index < -0.39 is 11.9 Å². The van der Waals surface area contributed by atoms with Crippen LogP contribution in [0.15, 0.2) is 47.1 Å². The van der Waals surface area contributed by atoms with Crippen LogP contribution in [0.4, 0.5) is 5.69 Å². The van der Waals surface area contributed by atoms with Crippen LogP contribution in [0.25, 0.3) is 0 Å². The topological polar surface area (TPSA) is 105 Å². The lowest BCUT2D eigenvalue weighted by Crippen LogP contribution is -2.16. The standard InChI is InChI=1S/C24H22ClNO8/c1-29-19-11-15(17(12-20(19)30-2)26-23(27)18-5-3-6-31-18)24(28)34-13-14-9-16(25)22-21(10-14)32-7-4-8-33-22/h3,5-6,9-12H,4,7-8,13H2,1-2H3,(H,26,27). The summed E-state index contributed by atoms with van der Waals surface area (Å²) in [7, 11) is 2.88. The molecule has 9 nitrogen and oxygen atoms in total. The summed E-state index contributed by atoms with van der Waals surface area (Å²) in [5.41, 5.74) is 0.850. The third-order valence-corrected chi connectivity index (χ3v) is 5.25. The highest BCUT2D eigenvalue weighted by molar-refractivity contribution is 6.32. The van der Waals surface area contributed by atoms with E-state index in [4.69, 9.17) is 39.7 Å². The highest BCUT2D eigenvalue weighted by Crippen LogP contribution is 2.38. The molecule has 0 spiro atoms. The van der Waals surface area contributed by atoms with Crippen LogP contribution in [-0.2, 0) is 11.3 Å². The second-order valence-electron chi connectivity index (χ2n) is 7.22. The molecule has 10 heteroatoms. The summed E-state index contributed by atoms with van der Waals surface area (Å²) < 4.78 is 32.5. The highest BCUT2D eigenvalue weighted by Gasteiger charge is 2.22. The zero-order chi connectivity index (χ0) is 24.1. The summed E-state index contributed by atoms with van der Waals surface area (Å²) in [5.74, 6) is 0.425. The van der Waals surface area contributed by atoms with Crippen LogP contribution in [0.1, 0.15) is 32.9 Å². The first kappa shape index (κ1) is 23.3. The highest BCUT2D eigenvalue weighted by atomic mass is 35.5. The van der Waals surface area contributed by atoms with Crippen molar-refractivity contribution in [3.05, 3.63) is 64.6 Å². The number of nitrogens with one attached hydrogen (secondary N) is 1. The van der Waals surface area contributed by atoms with Gasteiger partial charge in [-0.15, -0.1) is 0 Å². The number of amides is 1. The number of carbonyl (C=O) groups excluding carboxylic acids is 2. The summed E-state index contributed by atoms with van der Waals surface area (Å²) in [4.78, 5) is 25.5. The van der Waals surface area contributed by atoms with E-state index in [1.165, 1.54) is 38.7 Å². The van der Waals surface area contributed by atoms with E-state index in [-0.39, 0.29) is 23.6 Å². The molecule has 0 aliphatic carbocycles. The normalized spacial score (nSPS) is 12.4. The number of methoxy groups -OCH3 is 2. The monoisotopic (exact) mass is 487 g/mol. The van der Waals surface area contributed by atoms with E-state index in [2.05, 4.69) is 5.32 Å². The summed E-state index contributed by atoms with van der Waals surface area (Å²) in [6, 6.07) is 9.35. The van der Waals surface area contributed by atoms with Gasteiger partial charge in [-0.3, -0.25) is 4.79 Å². The molecule has 0 saturated carbocycles. The fraction of sp³-hybridized carbons (Fsp3) is 0.250.